The Labute approximate surface area is 185 Å². The van der Waals surface area contributed by atoms with Crippen LogP contribution in [0.1, 0.15) is 15.9 Å². The van der Waals surface area contributed by atoms with Crippen LogP contribution >= 0.6 is 0 Å². The Kier molecular flexibility index (Phi) is 5.98. The minimum absolute atomic E-state index is 0.0433. The molecule has 32 heavy (non-hydrogen) atoms. The van der Waals surface area contributed by atoms with E-state index in [9.17, 15) is 23.3 Å². The lowest BCUT2D eigenvalue weighted by Gasteiger charge is -2.34. The van der Waals surface area contributed by atoms with E-state index < -0.39 is 15.9 Å². The lowest BCUT2D eigenvalue weighted by atomic mass is 10.2. The fraction of sp³-hybridized carbons (Fsp3) is 0.286. The molecule has 4 rings (SSSR count). The van der Waals surface area contributed by atoms with E-state index in [1.165, 1.54) is 21.3 Å². The Morgan fingerprint density at radius 2 is 1.75 bits per heavy atom. The minimum atomic E-state index is -3.84. The van der Waals surface area contributed by atoms with Crippen molar-refractivity contribution in [3.05, 3.63) is 53.6 Å². The molecule has 2 amide bonds. The fourth-order valence-corrected chi connectivity index (χ4v) is 5.07. The lowest BCUT2D eigenvalue weighted by Crippen LogP contribution is -2.52. The molecular weight excluding hydrogens is 436 g/mol. The van der Waals surface area contributed by atoms with Gasteiger partial charge in [0.05, 0.1) is 17.0 Å². The molecule has 2 aromatic rings. The Balaban J connectivity index is 1.32. The maximum absolute atomic E-state index is 12.9. The third-order valence-electron chi connectivity index (χ3n) is 5.25. The van der Waals surface area contributed by atoms with Gasteiger partial charge >= 0.3 is 0 Å². The summed E-state index contributed by atoms with van der Waals surface area (Å²) in [6, 6.07) is 12.7. The zero-order valence-corrected chi connectivity index (χ0v) is 17.8. The normalized spacial score (nSPS) is 15.8. The highest BCUT2D eigenvalue weighted by molar-refractivity contribution is 7.89. The Morgan fingerprint density at radius 1 is 1.03 bits per heavy atom. The number of sulfonamides is 1. The van der Waals surface area contributed by atoms with Crippen molar-refractivity contribution in [1.29, 1.82) is 5.26 Å². The Morgan fingerprint density at radius 3 is 2.50 bits per heavy atom. The SMILES string of the molecule is N#Cc1ccccc1S(=O)(=O)N1CCN(C(=O)CNC(=O)c2ccc3c(c2)OCO3)CC1. The summed E-state index contributed by atoms with van der Waals surface area (Å²) >= 11 is 0. The van der Waals surface area contributed by atoms with Crippen LogP contribution in [-0.2, 0) is 14.8 Å². The number of carbonyl (C=O) groups excluding carboxylic acids is 2. The van der Waals surface area contributed by atoms with Crippen LogP contribution in [0.2, 0.25) is 0 Å². The first kappa shape index (κ1) is 21.6. The van der Waals surface area contributed by atoms with Gasteiger partial charge < -0.3 is 19.7 Å². The fourth-order valence-electron chi connectivity index (χ4n) is 3.51. The number of piperazine rings is 1. The van der Waals surface area contributed by atoms with Gasteiger partial charge in [-0.25, -0.2) is 8.42 Å². The zero-order chi connectivity index (χ0) is 22.7. The van der Waals surface area contributed by atoms with Gasteiger partial charge in [-0.05, 0) is 30.3 Å². The molecule has 166 valence electrons. The number of benzene rings is 2. The standard InChI is InChI=1S/C21H20N4O6S/c22-12-16-3-1-2-4-19(16)32(28,29)25-9-7-24(8-10-25)20(26)13-23-21(27)15-5-6-17-18(11-15)31-14-30-17/h1-6,11H,7-10,13-14H2,(H,23,27). The smallest absolute Gasteiger partial charge is 0.251 e. The Hall–Kier alpha value is -3.62. The van der Waals surface area contributed by atoms with Crippen molar-refractivity contribution < 1.29 is 27.5 Å². The predicted molar refractivity (Wildman–Crippen MR) is 111 cm³/mol. The van der Waals surface area contributed by atoms with Crippen LogP contribution in [0, 0.1) is 11.3 Å². The van der Waals surface area contributed by atoms with Gasteiger partial charge in [0, 0.05) is 31.7 Å². The largest absolute Gasteiger partial charge is 0.454 e. The summed E-state index contributed by atoms with van der Waals surface area (Å²) in [4.78, 5) is 26.3. The Bertz CT molecular complexity index is 1200. The molecule has 1 saturated heterocycles. The van der Waals surface area contributed by atoms with Gasteiger partial charge in [0.1, 0.15) is 6.07 Å². The molecule has 1 fully saturated rings. The quantitative estimate of drug-likeness (QED) is 0.696. The second kappa shape index (κ2) is 8.86. The number of hydrogen-bond acceptors (Lipinski definition) is 7. The van der Waals surface area contributed by atoms with Gasteiger partial charge in [-0.2, -0.15) is 9.57 Å². The number of nitriles is 1. The number of nitrogens with zero attached hydrogens (tertiary/aromatic N) is 3. The number of fused-ring (bicyclic) bond motifs is 1. The lowest BCUT2D eigenvalue weighted by molar-refractivity contribution is -0.131. The van der Waals surface area contributed by atoms with E-state index in [1.807, 2.05) is 6.07 Å². The highest BCUT2D eigenvalue weighted by atomic mass is 32.2. The molecular formula is C21H20N4O6S. The van der Waals surface area contributed by atoms with Crippen molar-refractivity contribution in [3.8, 4) is 17.6 Å². The molecule has 0 radical (unpaired) electrons. The van der Waals surface area contributed by atoms with E-state index >= 15 is 0 Å². The second-order valence-corrected chi connectivity index (χ2v) is 9.05. The monoisotopic (exact) mass is 456 g/mol. The molecule has 2 aromatic carbocycles. The topological polar surface area (TPSA) is 129 Å². The van der Waals surface area contributed by atoms with Crippen molar-refractivity contribution in [2.24, 2.45) is 0 Å². The van der Waals surface area contributed by atoms with Crippen molar-refractivity contribution in [2.45, 2.75) is 4.90 Å². The number of rotatable bonds is 5. The first-order valence-electron chi connectivity index (χ1n) is 9.85. The van der Waals surface area contributed by atoms with Gasteiger partial charge in [0.25, 0.3) is 5.91 Å². The van der Waals surface area contributed by atoms with E-state index in [1.54, 1.807) is 30.3 Å². The van der Waals surface area contributed by atoms with E-state index in [-0.39, 0.29) is 55.9 Å². The van der Waals surface area contributed by atoms with Gasteiger partial charge in [0.15, 0.2) is 11.5 Å². The molecule has 10 nitrogen and oxygen atoms in total. The number of ether oxygens (including phenoxy) is 2. The molecule has 0 aromatic heterocycles. The van der Waals surface area contributed by atoms with Crippen molar-refractivity contribution in [3.63, 3.8) is 0 Å². The third-order valence-corrected chi connectivity index (χ3v) is 7.21. The van der Waals surface area contributed by atoms with Gasteiger partial charge in [0.2, 0.25) is 22.7 Å². The number of hydrogen-bond donors (Lipinski definition) is 1. The van der Waals surface area contributed by atoms with E-state index in [0.29, 0.717) is 17.1 Å². The van der Waals surface area contributed by atoms with Crippen molar-refractivity contribution >= 4 is 21.8 Å². The number of nitrogens with one attached hydrogen (secondary N) is 1. The van der Waals surface area contributed by atoms with Gasteiger partial charge in [-0.3, -0.25) is 9.59 Å². The highest BCUT2D eigenvalue weighted by Gasteiger charge is 2.31. The van der Waals surface area contributed by atoms with E-state index in [4.69, 9.17) is 9.47 Å². The van der Waals surface area contributed by atoms with Gasteiger partial charge in [-0.1, -0.05) is 12.1 Å². The molecule has 1 N–H and O–H groups in total. The average Bonchev–Trinajstić information content (AvgIpc) is 3.30. The summed E-state index contributed by atoms with van der Waals surface area (Å²) in [5.41, 5.74) is 0.423. The molecule has 0 unspecified atom stereocenters. The molecule has 0 atom stereocenters. The molecule has 2 aliphatic rings. The number of carbonyl (C=O) groups is 2. The maximum Gasteiger partial charge on any atom is 0.251 e. The maximum atomic E-state index is 12.9. The van der Waals surface area contributed by atoms with Crippen LogP contribution in [0.15, 0.2) is 47.4 Å². The van der Waals surface area contributed by atoms with Crippen LogP contribution in [0.4, 0.5) is 0 Å². The average molecular weight is 456 g/mol. The van der Waals surface area contributed by atoms with E-state index in [2.05, 4.69) is 5.32 Å². The van der Waals surface area contributed by atoms with Gasteiger partial charge in [-0.15, -0.1) is 0 Å². The van der Waals surface area contributed by atoms with Crippen LogP contribution in [0.3, 0.4) is 0 Å². The molecule has 2 heterocycles. The van der Waals surface area contributed by atoms with Crippen molar-refractivity contribution in [2.75, 3.05) is 39.5 Å². The number of amides is 2. The first-order chi connectivity index (χ1) is 15.4. The summed E-state index contributed by atoms with van der Waals surface area (Å²) in [5, 5.41) is 11.8. The first-order valence-corrected chi connectivity index (χ1v) is 11.3. The summed E-state index contributed by atoms with van der Waals surface area (Å²) in [6.07, 6.45) is 0. The third kappa shape index (κ3) is 4.23. The zero-order valence-electron chi connectivity index (χ0n) is 17.0. The van der Waals surface area contributed by atoms with Crippen molar-refractivity contribution in [1.82, 2.24) is 14.5 Å². The highest BCUT2D eigenvalue weighted by Crippen LogP contribution is 2.32. The molecule has 0 bridgehead atoms. The molecule has 2 aliphatic heterocycles. The van der Waals surface area contributed by atoms with E-state index in [0.717, 1.165) is 0 Å². The van der Waals surface area contributed by atoms with Crippen LogP contribution in [0.5, 0.6) is 11.5 Å². The second-order valence-electron chi connectivity index (χ2n) is 7.14. The molecule has 11 heteroatoms. The summed E-state index contributed by atoms with van der Waals surface area (Å²) < 4.78 is 37.5. The molecule has 0 saturated carbocycles. The molecule has 0 aliphatic carbocycles. The summed E-state index contributed by atoms with van der Waals surface area (Å²) in [7, 11) is -3.84. The predicted octanol–water partition coefficient (Wildman–Crippen LogP) is 0.550. The molecule has 0 spiro atoms. The van der Waals surface area contributed by atoms with Crippen LogP contribution in [-0.4, -0.2) is 69.0 Å². The summed E-state index contributed by atoms with van der Waals surface area (Å²) in [6.45, 7) is 0.465. The minimum Gasteiger partial charge on any atom is -0.454 e. The summed E-state index contributed by atoms with van der Waals surface area (Å²) in [5.74, 6) is 0.293. The van der Waals surface area contributed by atoms with Crippen LogP contribution in [0.25, 0.3) is 0 Å². The van der Waals surface area contributed by atoms with Crippen LogP contribution < -0.4 is 14.8 Å².